The monoisotopic (exact) mass is 431 g/mol. The van der Waals surface area contributed by atoms with Crippen LogP contribution in [0.5, 0.6) is 0 Å². The van der Waals surface area contributed by atoms with E-state index in [4.69, 9.17) is 9.90 Å². The van der Waals surface area contributed by atoms with Crippen molar-refractivity contribution in [3.63, 3.8) is 0 Å². The summed E-state index contributed by atoms with van der Waals surface area (Å²) in [7, 11) is 1.92. The summed E-state index contributed by atoms with van der Waals surface area (Å²) in [6, 6.07) is 6.05. The summed E-state index contributed by atoms with van der Waals surface area (Å²) in [5.74, 6) is -2.76. The SMILES string of the molecule is Cn1cncc1C(CC#N)n1cc(-c2ccnc3[nH]ccc23)cn1.O=C(O)C(F)(F)F. The van der Waals surface area contributed by atoms with Gasteiger partial charge >= 0.3 is 12.1 Å². The molecule has 31 heavy (non-hydrogen) atoms. The van der Waals surface area contributed by atoms with Crippen molar-refractivity contribution in [2.75, 3.05) is 0 Å². The number of nitrogens with one attached hydrogen (secondary N) is 1. The number of fused-ring (bicyclic) bond motifs is 1. The summed E-state index contributed by atoms with van der Waals surface area (Å²) in [6.45, 7) is 0. The van der Waals surface area contributed by atoms with Crippen LogP contribution in [0.15, 0.2) is 49.4 Å². The standard InChI is InChI=1S/C17H15N7.C2HF3O2/c1-23-11-19-9-16(23)15(2-5-18)24-10-12(8-22-24)13-3-6-20-17-14(13)4-7-21-17;3-2(4,5)1(6)7/h3-4,6-11,15H,2H2,1H3,(H,20,21);(H,6,7). The number of carboxylic acids is 1. The smallest absolute Gasteiger partial charge is 0.475 e. The molecule has 1 unspecified atom stereocenters. The number of imidazole rings is 1. The quantitative estimate of drug-likeness (QED) is 0.511. The van der Waals surface area contributed by atoms with Crippen LogP contribution in [0.25, 0.3) is 22.2 Å². The van der Waals surface area contributed by atoms with Crippen molar-refractivity contribution < 1.29 is 23.1 Å². The Bertz CT molecular complexity index is 1230. The van der Waals surface area contributed by atoms with Gasteiger partial charge in [-0.05, 0) is 17.7 Å². The van der Waals surface area contributed by atoms with Gasteiger partial charge in [-0.2, -0.15) is 23.5 Å². The highest BCUT2D eigenvalue weighted by Gasteiger charge is 2.38. The number of nitriles is 1. The molecule has 9 nitrogen and oxygen atoms in total. The topological polar surface area (TPSA) is 125 Å². The van der Waals surface area contributed by atoms with E-state index in [1.165, 1.54) is 0 Å². The first-order valence-corrected chi connectivity index (χ1v) is 8.82. The number of hydrogen-bond donors (Lipinski definition) is 2. The minimum atomic E-state index is -5.08. The van der Waals surface area contributed by atoms with Crippen LogP contribution in [-0.4, -0.2) is 46.6 Å². The Morgan fingerprint density at radius 1 is 1.35 bits per heavy atom. The van der Waals surface area contributed by atoms with Crippen molar-refractivity contribution >= 4 is 17.0 Å². The van der Waals surface area contributed by atoms with E-state index in [9.17, 15) is 18.4 Å². The van der Waals surface area contributed by atoms with Crippen LogP contribution < -0.4 is 0 Å². The average Bonchev–Trinajstić information content (AvgIpc) is 3.46. The second-order valence-corrected chi connectivity index (χ2v) is 6.42. The van der Waals surface area contributed by atoms with Gasteiger partial charge in [-0.25, -0.2) is 14.8 Å². The summed E-state index contributed by atoms with van der Waals surface area (Å²) < 4.78 is 35.5. The number of aromatic nitrogens is 6. The summed E-state index contributed by atoms with van der Waals surface area (Å²) in [5.41, 5.74) is 3.86. The van der Waals surface area contributed by atoms with Crippen molar-refractivity contribution in [1.29, 1.82) is 5.26 Å². The normalized spacial score (nSPS) is 12.1. The van der Waals surface area contributed by atoms with E-state index in [-0.39, 0.29) is 6.04 Å². The first-order chi connectivity index (χ1) is 14.7. The van der Waals surface area contributed by atoms with Crippen molar-refractivity contribution in [3.05, 3.63) is 55.1 Å². The Morgan fingerprint density at radius 3 is 2.71 bits per heavy atom. The van der Waals surface area contributed by atoms with E-state index in [2.05, 4.69) is 26.1 Å². The molecule has 4 rings (SSSR count). The molecule has 12 heteroatoms. The summed E-state index contributed by atoms with van der Waals surface area (Å²) in [5, 5.41) is 21.9. The first kappa shape index (κ1) is 21.6. The largest absolute Gasteiger partial charge is 0.490 e. The van der Waals surface area contributed by atoms with Crippen LogP contribution in [0.3, 0.4) is 0 Å². The molecule has 0 aliphatic carbocycles. The Balaban J connectivity index is 0.000000339. The van der Waals surface area contributed by atoms with Crippen molar-refractivity contribution in [1.82, 2.24) is 29.3 Å². The number of nitrogens with zero attached hydrogens (tertiary/aromatic N) is 6. The van der Waals surface area contributed by atoms with Crippen molar-refractivity contribution in [2.45, 2.75) is 18.6 Å². The number of carboxylic acid groups (broad SMARTS) is 1. The van der Waals surface area contributed by atoms with Crippen LogP contribution in [0.4, 0.5) is 13.2 Å². The second kappa shape index (κ2) is 8.70. The number of aryl methyl sites for hydroxylation is 1. The van der Waals surface area contributed by atoms with Crippen molar-refractivity contribution in [2.24, 2.45) is 7.05 Å². The number of aromatic amines is 1. The molecule has 2 N–H and O–H groups in total. The molecule has 0 bridgehead atoms. The second-order valence-electron chi connectivity index (χ2n) is 6.42. The van der Waals surface area contributed by atoms with E-state index in [0.29, 0.717) is 6.42 Å². The lowest BCUT2D eigenvalue weighted by atomic mass is 10.1. The van der Waals surface area contributed by atoms with Gasteiger partial charge in [0.1, 0.15) is 11.7 Å². The molecule has 0 aliphatic heterocycles. The summed E-state index contributed by atoms with van der Waals surface area (Å²) in [6.07, 6.45) is 6.20. The predicted molar refractivity (Wildman–Crippen MR) is 103 cm³/mol. The molecule has 4 aromatic rings. The Labute approximate surface area is 173 Å². The lowest BCUT2D eigenvalue weighted by Crippen LogP contribution is -2.21. The van der Waals surface area contributed by atoms with E-state index in [0.717, 1.165) is 27.9 Å². The molecule has 1 atom stereocenters. The maximum Gasteiger partial charge on any atom is 0.490 e. The molecule has 160 valence electrons. The number of halogens is 3. The zero-order valence-electron chi connectivity index (χ0n) is 16.1. The van der Waals surface area contributed by atoms with Gasteiger partial charge in [0, 0.05) is 36.6 Å². The minimum absolute atomic E-state index is 0.167. The molecular weight excluding hydrogens is 415 g/mol. The van der Waals surface area contributed by atoms with Crippen LogP contribution in [0, 0.1) is 11.3 Å². The first-order valence-electron chi connectivity index (χ1n) is 8.82. The van der Waals surface area contributed by atoms with E-state index in [1.54, 1.807) is 18.7 Å². The third-order valence-electron chi connectivity index (χ3n) is 4.41. The Kier molecular flexibility index (Phi) is 6.05. The third kappa shape index (κ3) is 4.72. The number of carbonyl (C=O) groups is 1. The Morgan fingerprint density at radius 2 is 2.10 bits per heavy atom. The molecule has 0 aliphatic rings. The molecular formula is C19H16F3N7O2. The molecule has 0 saturated carbocycles. The fraction of sp³-hybridized carbons (Fsp3) is 0.211. The highest BCUT2D eigenvalue weighted by atomic mass is 19.4. The number of hydrogen-bond acceptors (Lipinski definition) is 5. The predicted octanol–water partition coefficient (Wildman–Crippen LogP) is 3.30. The van der Waals surface area contributed by atoms with Gasteiger partial charge < -0.3 is 14.7 Å². The highest BCUT2D eigenvalue weighted by Crippen LogP contribution is 2.29. The van der Waals surface area contributed by atoms with Gasteiger partial charge in [0.2, 0.25) is 0 Å². The zero-order chi connectivity index (χ0) is 22.6. The molecule has 4 aromatic heterocycles. The van der Waals surface area contributed by atoms with E-state index < -0.39 is 12.1 Å². The van der Waals surface area contributed by atoms with E-state index in [1.807, 2.05) is 47.0 Å². The van der Waals surface area contributed by atoms with Gasteiger partial charge in [-0.3, -0.25) is 4.68 Å². The van der Waals surface area contributed by atoms with Gasteiger partial charge in [0.05, 0.1) is 36.9 Å². The van der Waals surface area contributed by atoms with Crippen LogP contribution in [0.1, 0.15) is 18.2 Å². The van der Waals surface area contributed by atoms with Crippen LogP contribution in [-0.2, 0) is 11.8 Å². The van der Waals surface area contributed by atoms with Gasteiger partial charge in [0.25, 0.3) is 0 Å². The van der Waals surface area contributed by atoms with Crippen molar-refractivity contribution in [3.8, 4) is 17.2 Å². The third-order valence-corrected chi connectivity index (χ3v) is 4.41. The number of rotatable bonds is 4. The van der Waals surface area contributed by atoms with Gasteiger partial charge in [-0.15, -0.1) is 0 Å². The van der Waals surface area contributed by atoms with E-state index >= 15 is 0 Å². The zero-order valence-corrected chi connectivity index (χ0v) is 16.1. The fourth-order valence-electron chi connectivity index (χ4n) is 2.97. The number of alkyl halides is 3. The maximum absolute atomic E-state index is 10.6. The molecule has 4 heterocycles. The molecule has 0 amide bonds. The fourth-order valence-corrected chi connectivity index (χ4v) is 2.97. The summed E-state index contributed by atoms with van der Waals surface area (Å²) in [4.78, 5) is 20.5. The Hall–Kier alpha value is -4.14. The maximum atomic E-state index is 10.6. The molecule has 0 spiro atoms. The lowest BCUT2D eigenvalue weighted by molar-refractivity contribution is -0.192. The average molecular weight is 431 g/mol. The van der Waals surface area contributed by atoms with Gasteiger partial charge in [-0.1, -0.05) is 0 Å². The number of pyridine rings is 1. The highest BCUT2D eigenvalue weighted by molar-refractivity contribution is 5.92. The minimum Gasteiger partial charge on any atom is -0.475 e. The van der Waals surface area contributed by atoms with Crippen LogP contribution >= 0.6 is 0 Å². The van der Waals surface area contributed by atoms with Crippen LogP contribution in [0.2, 0.25) is 0 Å². The number of aliphatic carboxylic acids is 1. The molecule has 0 aromatic carbocycles. The molecule has 0 saturated heterocycles. The number of H-pyrrole nitrogens is 1. The molecule has 0 fully saturated rings. The van der Waals surface area contributed by atoms with Gasteiger partial charge in [0.15, 0.2) is 0 Å². The lowest BCUT2D eigenvalue weighted by Gasteiger charge is -2.14. The molecule has 0 radical (unpaired) electrons. The summed E-state index contributed by atoms with van der Waals surface area (Å²) >= 11 is 0.